The molecule has 2 aromatic carbocycles. The van der Waals surface area contributed by atoms with Gasteiger partial charge in [-0.05, 0) is 42.7 Å². The highest BCUT2D eigenvalue weighted by atomic mass is 19.3. The molecule has 7 heteroatoms. The summed E-state index contributed by atoms with van der Waals surface area (Å²) >= 11 is 0. The van der Waals surface area contributed by atoms with Crippen LogP contribution in [0.3, 0.4) is 0 Å². The maximum absolute atomic E-state index is 12.4. The fourth-order valence-electron chi connectivity index (χ4n) is 2.68. The van der Waals surface area contributed by atoms with Gasteiger partial charge >= 0.3 is 6.61 Å². The Kier molecular flexibility index (Phi) is 8.04. The number of rotatable bonds is 10. The van der Waals surface area contributed by atoms with Gasteiger partial charge in [-0.25, -0.2) is 0 Å². The van der Waals surface area contributed by atoms with Crippen molar-refractivity contribution >= 4 is 5.91 Å². The van der Waals surface area contributed by atoms with Crippen molar-refractivity contribution in [2.75, 3.05) is 20.8 Å². The fourth-order valence-corrected chi connectivity index (χ4v) is 2.68. The first-order chi connectivity index (χ1) is 13.4. The van der Waals surface area contributed by atoms with E-state index in [1.54, 1.807) is 24.1 Å². The second-order valence-corrected chi connectivity index (χ2v) is 6.33. The number of amides is 1. The Morgan fingerprint density at radius 3 is 2.54 bits per heavy atom. The van der Waals surface area contributed by atoms with E-state index in [9.17, 15) is 13.6 Å². The summed E-state index contributed by atoms with van der Waals surface area (Å²) in [6.45, 7) is -0.160. The zero-order valence-corrected chi connectivity index (χ0v) is 16.3. The minimum absolute atomic E-state index is 0.0275. The van der Waals surface area contributed by atoms with Gasteiger partial charge in [-0.3, -0.25) is 4.79 Å². The van der Waals surface area contributed by atoms with Crippen LogP contribution >= 0.6 is 0 Å². The number of carbonyl (C=O) groups excluding carboxylic acids is 1. The highest BCUT2D eigenvalue weighted by molar-refractivity contribution is 5.75. The van der Waals surface area contributed by atoms with Crippen LogP contribution in [0, 0.1) is 6.92 Å². The molecule has 0 aliphatic rings. The lowest BCUT2D eigenvalue weighted by atomic mass is 10.2. The lowest BCUT2D eigenvalue weighted by Gasteiger charge is -2.18. The van der Waals surface area contributed by atoms with Gasteiger partial charge in [0.05, 0.1) is 13.7 Å². The van der Waals surface area contributed by atoms with Crippen LogP contribution in [0.15, 0.2) is 42.5 Å². The predicted octanol–water partition coefficient (Wildman–Crippen LogP) is 4.42. The topological polar surface area (TPSA) is 48.0 Å². The molecule has 0 aromatic heterocycles. The number of halogens is 2. The van der Waals surface area contributed by atoms with E-state index in [0.29, 0.717) is 26.0 Å². The summed E-state index contributed by atoms with van der Waals surface area (Å²) < 4.78 is 40.0. The molecular formula is C21H25F2NO4. The van der Waals surface area contributed by atoms with E-state index >= 15 is 0 Å². The molecule has 0 saturated heterocycles. The van der Waals surface area contributed by atoms with Crippen LogP contribution in [0.2, 0.25) is 0 Å². The largest absolute Gasteiger partial charge is 0.493 e. The molecule has 0 aliphatic carbocycles. The van der Waals surface area contributed by atoms with Crippen molar-refractivity contribution in [1.29, 1.82) is 0 Å². The highest BCUT2D eigenvalue weighted by Crippen LogP contribution is 2.29. The fraction of sp³-hybridized carbons (Fsp3) is 0.381. The molecule has 0 radical (unpaired) electrons. The molecule has 1 amide bonds. The van der Waals surface area contributed by atoms with Gasteiger partial charge in [0.2, 0.25) is 5.91 Å². The van der Waals surface area contributed by atoms with Gasteiger partial charge in [0, 0.05) is 20.0 Å². The van der Waals surface area contributed by atoms with Crippen LogP contribution in [-0.4, -0.2) is 38.2 Å². The number of hydrogen-bond donors (Lipinski definition) is 0. The molecule has 28 heavy (non-hydrogen) atoms. The maximum atomic E-state index is 12.4. The Bertz CT molecular complexity index is 783. The molecule has 0 fully saturated rings. The van der Waals surface area contributed by atoms with Crippen LogP contribution in [0.5, 0.6) is 17.2 Å². The molecule has 2 aromatic rings. The molecule has 0 heterocycles. The summed E-state index contributed by atoms with van der Waals surface area (Å²) in [5.41, 5.74) is 1.81. The number of aryl methyl sites for hydroxylation is 1. The van der Waals surface area contributed by atoms with Gasteiger partial charge in [-0.2, -0.15) is 8.78 Å². The number of methoxy groups -OCH3 is 1. The number of hydrogen-bond acceptors (Lipinski definition) is 4. The van der Waals surface area contributed by atoms with Gasteiger partial charge < -0.3 is 19.1 Å². The number of carbonyl (C=O) groups is 1. The Hall–Kier alpha value is -2.83. The van der Waals surface area contributed by atoms with E-state index < -0.39 is 6.61 Å². The summed E-state index contributed by atoms with van der Waals surface area (Å²) in [6.07, 6.45) is 0.952. The summed E-state index contributed by atoms with van der Waals surface area (Å²) in [7, 11) is 3.07. The third-order valence-electron chi connectivity index (χ3n) is 4.18. The van der Waals surface area contributed by atoms with Crippen LogP contribution in [0.4, 0.5) is 8.78 Å². The summed E-state index contributed by atoms with van der Waals surface area (Å²) in [4.78, 5) is 13.9. The Labute approximate surface area is 163 Å². The second kappa shape index (κ2) is 10.5. The molecular weight excluding hydrogens is 368 g/mol. The number of ether oxygens (including phenoxy) is 3. The van der Waals surface area contributed by atoms with Gasteiger partial charge in [0.15, 0.2) is 11.5 Å². The first-order valence-corrected chi connectivity index (χ1v) is 8.95. The molecule has 0 aliphatic heterocycles. The van der Waals surface area contributed by atoms with Crippen molar-refractivity contribution in [3.05, 3.63) is 53.6 Å². The minimum atomic E-state index is -2.93. The maximum Gasteiger partial charge on any atom is 0.387 e. The number of para-hydroxylation sites is 1. The molecule has 5 nitrogen and oxygen atoms in total. The molecule has 0 atom stereocenters. The van der Waals surface area contributed by atoms with Gasteiger partial charge in [0.25, 0.3) is 0 Å². The Morgan fingerprint density at radius 2 is 1.86 bits per heavy atom. The zero-order chi connectivity index (χ0) is 20.5. The molecule has 0 unspecified atom stereocenters. The third-order valence-corrected chi connectivity index (χ3v) is 4.18. The van der Waals surface area contributed by atoms with Crippen molar-refractivity contribution in [1.82, 2.24) is 4.90 Å². The smallest absolute Gasteiger partial charge is 0.387 e. The van der Waals surface area contributed by atoms with E-state index in [0.717, 1.165) is 16.9 Å². The molecule has 0 saturated carbocycles. The van der Waals surface area contributed by atoms with Crippen molar-refractivity contribution in [3.63, 3.8) is 0 Å². The molecule has 152 valence electrons. The summed E-state index contributed by atoms with van der Waals surface area (Å²) in [5, 5.41) is 0. The van der Waals surface area contributed by atoms with Crippen LogP contribution in [0.1, 0.15) is 24.0 Å². The lowest BCUT2D eigenvalue weighted by molar-refractivity contribution is -0.130. The Morgan fingerprint density at radius 1 is 1.11 bits per heavy atom. The van der Waals surface area contributed by atoms with E-state index in [1.165, 1.54) is 13.2 Å². The van der Waals surface area contributed by atoms with Crippen molar-refractivity contribution in [2.24, 2.45) is 0 Å². The van der Waals surface area contributed by atoms with Gasteiger partial charge in [-0.1, -0.05) is 24.3 Å². The first kappa shape index (κ1) is 21.5. The van der Waals surface area contributed by atoms with Crippen molar-refractivity contribution in [2.45, 2.75) is 32.9 Å². The highest BCUT2D eigenvalue weighted by Gasteiger charge is 2.14. The number of alkyl halides is 2. The predicted molar refractivity (Wildman–Crippen MR) is 102 cm³/mol. The molecule has 0 spiro atoms. The van der Waals surface area contributed by atoms with Crippen LogP contribution in [-0.2, 0) is 11.3 Å². The van der Waals surface area contributed by atoms with Crippen LogP contribution in [0.25, 0.3) is 0 Å². The monoisotopic (exact) mass is 393 g/mol. The SMILES string of the molecule is COc1cc(CN(C)C(=O)CCCOc2ccccc2C)ccc1OC(F)F. The van der Waals surface area contributed by atoms with Crippen LogP contribution < -0.4 is 14.2 Å². The Balaban J connectivity index is 1.82. The minimum Gasteiger partial charge on any atom is -0.493 e. The lowest BCUT2D eigenvalue weighted by Crippen LogP contribution is -2.26. The first-order valence-electron chi connectivity index (χ1n) is 8.95. The van der Waals surface area contributed by atoms with E-state index in [2.05, 4.69) is 4.74 Å². The zero-order valence-electron chi connectivity index (χ0n) is 16.3. The average molecular weight is 393 g/mol. The van der Waals surface area contributed by atoms with Gasteiger partial charge in [0.1, 0.15) is 5.75 Å². The van der Waals surface area contributed by atoms with Crippen molar-refractivity contribution in [3.8, 4) is 17.2 Å². The third kappa shape index (κ3) is 6.40. The summed E-state index contributed by atoms with van der Waals surface area (Å²) in [6, 6.07) is 12.4. The standard InChI is InChI=1S/C21H25F2NO4/c1-15-7-4-5-8-17(15)27-12-6-9-20(25)24(2)14-16-10-11-18(28-21(22)23)19(13-16)26-3/h4-5,7-8,10-11,13,21H,6,9,12,14H2,1-3H3. The van der Waals surface area contributed by atoms with E-state index in [4.69, 9.17) is 9.47 Å². The van der Waals surface area contributed by atoms with Gasteiger partial charge in [-0.15, -0.1) is 0 Å². The van der Waals surface area contributed by atoms with E-state index in [-0.39, 0.29) is 17.4 Å². The number of benzene rings is 2. The van der Waals surface area contributed by atoms with E-state index in [1.807, 2.05) is 31.2 Å². The normalized spacial score (nSPS) is 10.6. The summed E-state index contributed by atoms with van der Waals surface area (Å²) in [5.74, 6) is 0.954. The molecule has 0 bridgehead atoms. The van der Waals surface area contributed by atoms with Crippen molar-refractivity contribution < 1.29 is 27.8 Å². The second-order valence-electron chi connectivity index (χ2n) is 6.33. The number of nitrogens with zero attached hydrogens (tertiary/aromatic N) is 1. The quantitative estimate of drug-likeness (QED) is 0.561. The molecule has 2 rings (SSSR count). The average Bonchev–Trinajstić information content (AvgIpc) is 2.67. The molecule has 0 N–H and O–H groups in total.